The van der Waals surface area contributed by atoms with Crippen LogP contribution in [0.3, 0.4) is 0 Å². The molecule has 0 saturated carbocycles. The molecule has 2 heterocycles. The highest BCUT2D eigenvalue weighted by Gasteiger charge is 2.23. The molecule has 0 aliphatic rings. The number of nitro groups is 1. The van der Waals surface area contributed by atoms with Gasteiger partial charge in [0.15, 0.2) is 0 Å². The topological polar surface area (TPSA) is 90.8 Å². The monoisotopic (exact) mass is 330 g/mol. The predicted octanol–water partition coefficient (Wildman–Crippen LogP) is 2.57. The standard InChI is InChI=1S/C15H15FN6O2/c1-10-14(22(23)24)15(20(2)19-10)18-8-11-3-4-13(12(16)7-11)21-6-5-17-9-21/h3-7,9,18H,8H2,1-2H3. The molecule has 124 valence electrons. The van der Waals surface area contributed by atoms with Gasteiger partial charge in [0.2, 0.25) is 5.82 Å². The third-order valence-electron chi connectivity index (χ3n) is 3.63. The molecule has 0 spiro atoms. The van der Waals surface area contributed by atoms with E-state index in [2.05, 4.69) is 15.4 Å². The fourth-order valence-corrected chi connectivity index (χ4v) is 2.52. The summed E-state index contributed by atoms with van der Waals surface area (Å²) in [6, 6.07) is 4.77. The van der Waals surface area contributed by atoms with Crippen LogP contribution in [0.4, 0.5) is 15.9 Å². The fourth-order valence-electron chi connectivity index (χ4n) is 2.52. The molecule has 8 nitrogen and oxygen atoms in total. The third kappa shape index (κ3) is 2.83. The number of imidazole rings is 1. The summed E-state index contributed by atoms with van der Waals surface area (Å²) in [5.41, 5.74) is 1.29. The Bertz CT molecular complexity index is 888. The molecule has 0 aliphatic heterocycles. The lowest BCUT2D eigenvalue weighted by Gasteiger charge is -2.09. The van der Waals surface area contributed by atoms with Crippen LogP contribution in [0.1, 0.15) is 11.3 Å². The highest BCUT2D eigenvalue weighted by atomic mass is 19.1. The van der Waals surface area contributed by atoms with Crippen molar-refractivity contribution in [2.75, 3.05) is 5.32 Å². The van der Waals surface area contributed by atoms with E-state index < -0.39 is 10.7 Å². The van der Waals surface area contributed by atoms with Gasteiger partial charge < -0.3 is 9.88 Å². The molecule has 0 atom stereocenters. The molecule has 2 aromatic heterocycles. The number of nitrogens with one attached hydrogen (secondary N) is 1. The SMILES string of the molecule is Cc1nn(C)c(NCc2ccc(-n3ccnc3)c(F)c2)c1[N+](=O)[O-]. The second-order valence-corrected chi connectivity index (χ2v) is 5.27. The van der Waals surface area contributed by atoms with Crippen molar-refractivity contribution in [3.63, 3.8) is 0 Å². The maximum atomic E-state index is 14.2. The minimum absolute atomic E-state index is 0.0759. The van der Waals surface area contributed by atoms with E-state index in [4.69, 9.17) is 0 Å². The van der Waals surface area contributed by atoms with Gasteiger partial charge >= 0.3 is 5.69 Å². The molecular formula is C15H15FN6O2. The summed E-state index contributed by atoms with van der Waals surface area (Å²) in [6.07, 6.45) is 4.73. The summed E-state index contributed by atoms with van der Waals surface area (Å²) >= 11 is 0. The van der Waals surface area contributed by atoms with Crippen molar-refractivity contribution in [3.05, 3.63) is 64.1 Å². The Kier molecular flexibility index (Phi) is 3.98. The van der Waals surface area contributed by atoms with Crippen molar-refractivity contribution in [1.82, 2.24) is 19.3 Å². The molecule has 0 bridgehead atoms. The first-order valence-electron chi connectivity index (χ1n) is 7.16. The van der Waals surface area contributed by atoms with Crippen LogP contribution in [-0.4, -0.2) is 24.3 Å². The third-order valence-corrected chi connectivity index (χ3v) is 3.63. The lowest BCUT2D eigenvalue weighted by Crippen LogP contribution is -2.07. The quantitative estimate of drug-likeness (QED) is 0.573. The molecule has 0 aliphatic carbocycles. The van der Waals surface area contributed by atoms with E-state index in [1.165, 1.54) is 17.1 Å². The Labute approximate surface area is 136 Å². The van der Waals surface area contributed by atoms with Crippen LogP contribution in [0.15, 0.2) is 36.9 Å². The van der Waals surface area contributed by atoms with Gasteiger partial charge in [-0.25, -0.2) is 14.1 Å². The number of anilines is 1. The van der Waals surface area contributed by atoms with Crippen LogP contribution in [-0.2, 0) is 13.6 Å². The Hall–Kier alpha value is -3.23. The van der Waals surface area contributed by atoms with E-state index in [-0.39, 0.29) is 18.1 Å². The summed E-state index contributed by atoms with van der Waals surface area (Å²) in [5.74, 6) is -0.111. The van der Waals surface area contributed by atoms with E-state index in [1.807, 2.05) is 0 Å². The van der Waals surface area contributed by atoms with Gasteiger partial charge in [0.05, 0.1) is 16.9 Å². The summed E-state index contributed by atoms with van der Waals surface area (Å²) in [5, 5.41) is 18.1. The van der Waals surface area contributed by atoms with Crippen LogP contribution in [0.5, 0.6) is 0 Å². The maximum Gasteiger partial charge on any atom is 0.333 e. The predicted molar refractivity (Wildman–Crippen MR) is 85.4 cm³/mol. The van der Waals surface area contributed by atoms with Crippen LogP contribution in [0, 0.1) is 22.9 Å². The molecular weight excluding hydrogens is 315 g/mol. The molecule has 1 aromatic carbocycles. The van der Waals surface area contributed by atoms with Crippen molar-refractivity contribution in [3.8, 4) is 5.69 Å². The van der Waals surface area contributed by atoms with Gasteiger partial charge in [0.25, 0.3) is 0 Å². The highest BCUT2D eigenvalue weighted by Crippen LogP contribution is 2.27. The average molecular weight is 330 g/mol. The number of hydrogen-bond acceptors (Lipinski definition) is 5. The Morgan fingerprint density at radius 3 is 2.83 bits per heavy atom. The van der Waals surface area contributed by atoms with E-state index in [0.717, 1.165) is 0 Å². The van der Waals surface area contributed by atoms with E-state index in [1.54, 1.807) is 43.1 Å². The molecule has 9 heteroatoms. The van der Waals surface area contributed by atoms with Crippen molar-refractivity contribution in [2.24, 2.45) is 7.05 Å². The fraction of sp³-hybridized carbons (Fsp3) is 0.200. The molecule has 3 aromatic rings. The molecule has 24 heavy (non-hydrogen) atoms. The average Bonchev–Trinajstić information content (AvgIpc) is 3.13. The van der Waals surface area contributed by atoms with Gasteiger partial charge in [-0.3, -0.25) is 10.1 Å². The van der Waals surface area contributed by atoms with Gasteiger partial charge in [-0.15, -0.1) is 0 Å². The smallest absolute Gasteiger partial charge is 0.333 e. The first-order valence-corrected chi connectivity index (χ1v) is 7.16. The zero-order valence-corrected chi connectivity index (χ0v) is 13.1. The molecule has 3 rings (SSSR count). The normalized spacial score (nSPS) is 10.8. The number of aryl methyl sites for hydroxylation is 2. The van der Waals surface area contributed by atoms with Crippen molar-refractivity contribution in [2.45, 2.75) is 13.5 Å². The minimum atomic E-state index is -0.479. The van der Waals surface area contributed by atoms with Gasteiger partial charge in [0.1, 0.15) is 11.5 Å². The molecule has 0 saturated heterocycles. The first-order chi connectivity index (χ1) is 11.5. The molecule has 1 N–H and O–H groups in total. The Morgan fingerprint density at radius 2 is 2.21 bits per heavy atom. The van der Waals surface area contributed by atoms with Crippen LogP contribution >= 0.6 is 0 Å². The molecule has 0 radical (unpaired) electrons. The van der Waals surface area contributed by atoms with Crippen molar-refractivity contribution < 1.29 is 9.31 Å². The maximum absolute atomic E-state index is 14.2. The van der Waals surface area contributed by atoms with E-state index in [0.29, 0.717) is 16.9 Å². The van der Waals surface area contributed by atoms with E-state index in [9.17, 15) is 14.5 Å². The second-order valence-electron chi connectivity index (χ2n) is 5.27. The van der Waals surface area contributed by atoms with Crippen LogP contribution in [0.2, 0.25) is 0 Å². The van der Waals surface area contributed by atoms with Gasteiger partial charge in [0, 0.05) is 26.0 Å². The summed E-state index contributed by atoms with van der Waals surface area (Å²) < 4.78 is 17.2. The molecule has 0 amide bonds. The second kappa shape index (κ2) is 6.11. The molecule has 0 fully saturated rings. The number of halogens is 1. The van der Waals surface area contributed by atoms with Gasteiger partial charge in [-0.2, -0.15) is 5.10 Å². The minimum Gasteiger partial charge on any atom is -0.360 e. The van der Waals surface area contributed by atoms with Crippen LogP contribution < -0.4 is 5.32 Å². The lowest BCUT2D eigenvalue weighted by molar-refractivity contribution is -0.384. The Morgan fingerprint density at radius 1 is 1.42 bits per heavy atom. The number of benzene rings is 1. The van der Waals surface area contributed by atoms with Crippen molar-refractivity contribution >= 4 is 11.5 Å². The largest absolute Gasteiger partial charge is 0.360 e. The summed E-state index contributed by atoms with van der Waals surface area (Å²) in [4.78, 5) is 14.5. The lowest BCUT2D eigenvalue weighted by atomic mass is 10.2. The first kappa shape index (κ1) is 15.7. The number of aromatic nitrogens is 4. The van der Waals surface area contributed by atoms with Crippen molar-refractivity contribution in [1.29, 1.82) is 0 Å². The summed E-state index contributed by atoms with van der Waals surface area (Å²) in [6.45, 7) is 1.81. The van der Waals surface area contributed by atoms with E-state index >= 15 is 0 Å². The Balaban J connectivity index is 1.81. The summed E-state index contributed by atoms with van der Waals surface area (Å²) in [7, 11) is 1.62. The zero-order chi connectivity index (χ0) is 17.3. The highest BCUT2D eigenvalue weighted by molar-refractivity contribution is 5.59. The number of rotatable bonds is 5. The molecule has 0 unspecified atom stereocenters. The van der Waals surface area contributed by atoms with Gasteiger partial charge in [-0.05, 0) is 24.6 Å². The number of hydrogen-bond donors (Lipinski definition) is 1. The number of nitrogens with zero attached hydrogens (tertiary/aromatic N) is 5. The zero-order valence-electron chi connectivity index (χ0n) is 13.1. The van der Waals surface area contributed by atoms with Gasteiger partial charge in [-0.1, -0.05) is 6.07 Å². The van der Waals surface area contributed by atoms with Crippen LogP contribution in [0.25, 0.3) is 5.69 Å².